The zero-order chi connectivity index (χ0) is 26.9. The highest BCUT2D eigenvalue weighted by Crippen LogP contribution is 2.46. The Labute approximate surface area is 219 Å². The van der Waals surface area contributed by atoms with Crippen molar-refractivity contribution in [1.29, 1.82) is 0 Å². The van der Waals surface area contributed by atoms with E-state index in [2.05, 4.69) is 31.9 Å². The van der Waals surface area contributed by atoms with Crippen molar-refractivity contribution >= 4 is 6.03 Å². The first-order valence-corrected chi connectivity index (χ1v) is 12.4. The molecule has 4 heterocycles. The Kier molecular flexibility index (Phi) is 5.16. The predicted molar refractivity (Wildman–Crippen MR) is 131 cm³/mol. The minimum absolute atomic E-state index is 0.0327. The highest BCUT2D eigenvalue weighted by atomic mass is 19.4. The van der Waals surface area contributed by atoms with Gasteiger partial charge in [0, 0.05) is 36.3 Å². The maximum Gasteiger partial charge on any atom is 0.422 e. The van der Waals surface area contributed by atoms with Crippen LogP contribution in [0.5, 0.6) is 0 Å². The lowest BCUT2D eigenvalue weighted by Crippen LogP contribution is -2.71. The first kappa shape index (κ1) is 23.9. The number of nitrogens with one attached hydrogen (secondary N) is 2. The number of rotatable bonds is 4. The van der Waals surface area contributed by atoms with E-state index in [9.17, 15) is 23.1 Å². The van der Waals surface area contributed by atoms with E-state index in [-0.39, 0.29) is 23.1 Å². The molecule has 2 amide bonds. The molecular weight excluding hydrogens is 515 g/mol. The van der Waals surface area contributed by atoms with Gasteiger partial charge in [-0.25, -0.2) is 4.79 Å². The summed E-state index contributed by atoms with van der Waals surface area (Å²) < 4.78 is 53.3. The molecule has 0 bridgehead atoms. The molecule has 2 aliphatic heterocycles. The summed E-state index contributed by atoms with van der Waals surface area (Å²) in [5.74, 6) is -0.396. The Bertz CT molecular complexity index is 1590. The normalized spacial score (nSPS) is 19.8. The zero-order valence-corrected chi connectivity index (χ0v) is 20.4. The maximum absolute atomic E-state index is 14.2. The second-order valence-corrected chi connectivity index (χ2v) is 10.2. The predicted octanol–water partition coefficient (Wildman–Crippen LogP) is 3.97. The number of benzene rings is 2. The minimum Gasteiger partial charge on any atom is -0.371 e. The topological polar surface area (TPSA) is 117 Å². The minimum atomic E-state index is -4.72. The summed E-state index contributed by atoms with van der Waals surface area (Å²) in [6, 6.07) is 13.6. The fraction of sp³-hybridized carbons (Fsp3) is 0.296. The number of fused-ring (bicyclic) bond motifs is 3. The van der Waals surface area contributed by atoms with E-state index < -0.39 is 29.2 Å². The van der Waals surface area contributed by atoms with E-state index in [1.807, 2.05) is 12.1 Å². The van der Waals surface area contributed by atoms with Gasteiger partial charge in [0.2, 0.25) is 0 Å². The van der Waals surface area contributed by atoms with E-state index in [1.54, 1.807) is 18.2 Å². The summed E-state index contributed by atoms with van der Waals surface area (Å²) in [6.45, 7) is 1.67. The average Bonchev–Trinajstić information content (AvgIpc) is 3.59. The van der Waals surface area contributed by atoms with Crippen molar-refractivity contribution in [3.8, 4) is 34.0 Å². The van der Waals surface area contributed by atoms with E-state index in [1.165, 1.54) is 12.1 Å². The monoisotopic (exact) mass is 537 g/mol. The van der Waals surface area contributed by atoms with Gasteiger partial charge in [0.15, 0.2) is 23.4 Å². The number of aliphatic hydroxyl groups is 1. The van der Waals surface area contributed by atoms with Gasteiger partial charge in [-0.15, -0.1) is 0 Å². The number of hydrogen-bond acceptors (Lipinski definition) is 7. The van der Waals surface area contributed by atoms with Crippen LogP contribution in [0, 0.1) is 0 Å². The van der Waals surface area contributed by atoms with Crippen LogP contribution < -0.4 is 10.6 Å². The lowest BCUT2D eigenvalue weighted by molar-refractivity contribution is -0.136. The number of aliphatic hydroxyl groups excluding tert-OH is 1. The van der Waals surface area contributed by atoms with Crippen LogP contribution >= 0.6 is 0 Å². The lowest BCUT2D eigenvalue weighted by Gasteiger charge is -2.48. The van der Waals surface area contributed by atoms with Gasteiger partial charge in [0.1, 0.15) is 16.8 Å². The smallest absolute Gasteiger partial charge is 0.371 e. The second kappa shape index (κ2) is 8.42. The molecule has 9 nitrogen and oxygen atoms in total. The van der Waals surface area contributed by atoms with Crippen molar-refractivity contribution in [2.45, 2.75) is 37.3 Å². The molecule has 3 N–H and O–H groups in total. The molecule has 7 rings (SSSR count). The number of aryl methyl sites for hydroxylation is 1. The van der Waals surface area contributed by atoms with Gasteiger partial charge in [-0.2, -0.15) is 13.2 Å². The Balaban J connectivity index is 1.17. The number of amides is 2. The number of aromatic nitrogens is 2. The summed E-state index contributed by atoms with van der Waals surface area (Å²) in [6.07, 6.45) is -4.61. The molecule has 4 aromatic rings. The van der Waals surface area contributed by atoms with Crippen LogP contribution in [-0.2, 0) is 25.6 Å². The number of carbonyl (C=O) groups is 1. The van der Waals surface area contributed by atoms with Gasteiger partial charge in [-0.05, 0) is 24.0 Å². The number of hydrogen-bond donors (Lipinski definition) is 3. The van der Waals surface area contributed by atoms with Crippen molar-refractivity contribution in [2.75, 3.05) is 13.1 Å². The molecule has 2 saturated heterocycles. The van der Waals surface area contributed by atoms with E-state index in [0.29, 0.717) is 43.7 Å². The maximum atomic E-state index is 14.2. The van der Waals surface area contributed by atoms with Gasteiger partial charge < -0.3 is 24.8 Å². The van der Waals surface area contributed by atoms with Crippen LogP contribution in [0.25, 0.3) is 34.0 Å². The largest absolute Gasteiger partial charge is 0.422 e. The number of halogens is 3. The molecule has 2 aromatic heterocycles. The van der Waals surface area contributed by atoms with Gasteiger partial charge in [-0.3, -0.25) is 4.90 Å². The van der Waals surface area contributed by atoms with Crippen LogP contribution in [0.2, 0.25) is 0 Å². The first-order valence-electron chi connectivity index (χ1n) is 12.4. The molecule has 1 aliphatic carbocycles. The Hall–Kier alpha value is -4.16. The third kappa shape index (κ3) is 3.81. The van der Waals surface area contributed by atoms with E-state index in [0.717, 1.165) is 16.7 Å². The van der Waals surface area contributed by atoms with E-state index in [4.69, 9.17) is 9.05 Å². The van der Waals surface area contributed by atoms with Crippen LogP contribution in [0.1, 0.15) is 22.3 Å². The molecule has 2 aromatic carbocycles. The van der Waals surface area contributed by atoms with Gasteiger partial charge in [0.05, 0.1) is 0 Å². The van der Waals surface area contributed by atoms with Crippen LogP contribution in [-0.4, -0.2) is 51.2 Å². The van der Waals surface area contributed by atoms with Crippen LogP contribution in [0.15, 0.2) is 57.6 Å². The molecule has 0 radical (unpaired) electrons. The standard InChI is InChI=1S/C27H22F3N5O4/c28-27(29,30)19-21(34-38-22(19)15-4-2-1-3-5-15)23-18-9-7-16-10-14(6-8-17(16)20(18)33-39-23)11-35-12-26(13-35)24(36)31-25(37)32-26/h1-6,8,10,24,36H,7,9,11-13H2,(H2,31,32,37). The second-order valence-electron chi connectivity index (χ2n) is 10.2. The van der Waals surface area contributed by atoms with E-state index >= 15 is 0 Å². The zero-order valence-electron chi connectivity index (χ0n) is 20.4. The fourth-order valence-corrected chi connectivity index (χ4v) is 5.84. The lowest BCUT2D eigenvalue weighted by atomic mass is 9.86. The van der Waals surface area contributed by atoms with Crippen molar-refractivity contribution in [1.82, 2.24) is 25.8 Å². The highest BCUT2D eigenvalue weighted by molar-refractivity contribution is 5.80. The molecule has 39 heavy (non-hydrogen) atoms. The Morgan fingerprint density at radius 3 is 2.49 bits per heavy atom. The Morgan fingerprint density at radius 2 is 1.77 bits per heavy atom. The summed E-state index contributed by atoms with van der Waals surface area (Å²) >= 11 is 0. The summed E-state index contributed by atoms with van der Waals surface area (Å²) in [7, 11) is 0. The average molecular weight is 537 g/mol. The molecular formula is C27H22F3N5O4. The van der Waals surface area contributed by atoms with Gasteiger partial charge in [0.25, 0.3) is 0 Å². The Morgan fingerprint density at radius 1 is 1.03 bits per heavy atom. The van der Waals surface area contributed by atoms with Crippen molar-refractivity contribution in [3.05, 3.63) is 70.8 Å². The third-order valence-corrected chi connectivity index (χ3v) is 7.66. The first-order chi connectivity index (χ1) is 18.7. The molecule has 12 heteroatoms. The molecule has 2 fully saturated rings. The molecule has 0 saturated carbocycles. The number of likely N-dealkylation sites (tertiary alicyclic amines) is 1. The van der Waals surface area contributed by atoms with Gasteiger partial charge in [-0.1, -0.05) is 58.8 Å². The molecule has 1 unspecified atom stereocenters. The fourth-order valence-electron chi connectivity index (χ4n) is 5.84. The summed E-state index contributed by atoms with van der Waals surface area (Å²) in [5.41, 5.74) is 2.16. The number of nitrogens with zero attached hydrogens (tertiary/aromatic N) is 3. The molecule has 1 spiro atoms. The third-order valence-electron chi connectivity index (χ3n) is 7.66. The summed E-state index contributed by atoms with van der Waals surface area (Å²) in [5, 5.41) is 23.3. The highest BCUT2D eigenvalue weighted by Gasteiger charge is 2.54. The number of alkyl halides is 3. The van der Waals surface area contributed by atoms with Crippen molar-refractivity contribution in [2.24, 2.45) is 0 Å². The van der Waals surface area contributed by atoms with Crippen LogP contribution in [0.3, 0.4) is 0 Å². The van der Waals surface area contributed by atoms with Gasteiger partial charge >= 0.3 is 12.2 Å². The van der Waals surface area contributed by atoms with Crippen molar-refractivity contribution < 1.29 is 32.1 Å². The SMILES string of the molecule is O=C1NC(O)C2(CN(Cc3ccc4c(c3)CCc3c-4noc3-c3noc(-c4ccccc4)c3C(F)(F)F)C2)N1. The molecule has 200 valence electrons. The van der Waals surface area contributed by atoms with Crippen LogP contribution in [0.4, 0.5) is 18.0 Å². The van der Waals surface area contributed by atoms with Crippen molar-refractivity contribution in [3.63, 3.8) is 0 Å². The number of carbonyl (C=O) groups excluding carboxylic acids is 1. The quantitative estimate of drug-likeness (QED) is 0.361. The molecule has 3 aliphatic rings. The molecule has 1 atom stereocenters. The summed E-state index contributed by atoms with van der Waals surface area (Å²) in [4.78, 5) is 13.7. The number of urea groups is 1.